The summed E-state index contributed by atoms with van der Waals surface area (Å²) in [4.78, 5) is 0. The van der Waals surface area contributed by atoms with Crippen LogP contribution in [0.2, 0.25) is 0 Å². The minimum Gasteiger partial charge on any atom is -0.378 e. The maximum absolute atomic E-state index is 8.75. The van der Waals surface area contributed by atoms with Crippen molar-refractivity contribution in [2.75, 3.05) is 6.61 Å². The summed E-state index contributed by atoms with van der Waals surface area (Å²) in [6.45, 7) is 4.60. The molecule has 3 unspecified atom stereocenters. The smallest absolute Gasteiger partial charge is 0.103 e. The summed E-state index contributed by atoms with van der Waals surface area (Å²) in [6.07, 6.45) is 6.03. The highest BCUT2D eigenvalue weighted by Crippen LogP contribution is 2.26. The number of nitriles is 1. The second kappa shape index (κ2) is 5.48. The van der Waals surface area contributed by atoms with E-state index < -0.39 is 5.54 Å². The van der Waals surface area contributed by atoms with Gasteiger partial charge in [0.15, 0.2) is 0 Å². The minimum atomic E-state index is -0.738. The molecule has 0 aromatic carbocycles. The van der Waals surface area contributed by atoms with Crippen molar-refractivity contribution in [3.8, 4) is 6.07 Å². The summed E-state index contributed by atoms with van der Waals surface area (Å²) >= 11 is 0. The third-order valence-electron chi connectivity index (χ3n) is 3.24. The Hall–Kier alpha value is -0.590. The van der Waals surface area contributed by atoms with E-state index in [0.717, 1.165) is 6.42 Å². The summed E-state index contributed by atoms with van der Waals surface area (Å²) in [5.41, 5.74) is 4.99. The second-order valence-electron chi connectivity index (χ2n) is 4.95. The lowest BCUT2D eigenvalue weighted by atomic mass is 9.88. The Labute approximate surface area is 92.6 Å². The molecule has 1 aliphatic carbocycles. The van der Waals surface area contributed by atoms with Gasteiger partial charge in [-0.05, 0) is 25.7 Å². The van der Waals surface area contributed by atoms with Crippen LogP contribution in [-0.4, -0.2) is 18.2 Å². The fourth-order valence-corrected chi connectivity index (χ4v) is 2.01. The molecule has 3 nitrogen and oxygen atoms in total. The van der Waals surface area contributed by atoms with Gasteiger partial charge < -0.3 is 10.5 Å². The molecule has 1 aliphatic rings. The maximum atomic E-state index is 8.75. The largest absolute Gasteiger partial charge is 0.378 e. The van der Waals surface area contributed by atoms with Crippen LogP contribution in [0, 0.1) is 17.2 Å². The highest BCUT2D eigenvalue weighted by molar-refractivity contribution is 5.00. The van der Waals surface area contributed by atoms with Gasteiger partial charge in [0.25, 0.3) is 0 Å². The molecule has 2 N–H and O–H groups in total. The average molecular weight is 210 g/mol. The Kier molecular flexibility index (Phi) is 4.56. The van der Waals surface area contributed by atoms with Gasteiger partial charge in [0.1, 0.15) is 5.54 Å². The standard InChI is InChI=1S/C12H22N2O/c1-10-5-3-4-6-11(10)15-8-7-12(2,14)9-13/h10-11H,3-8,14H2,1-2H3. The lowest BCUT2D eigenvalue weighted by molar-refractivity contribution is -0.00930. The molecule has 0 bridgehead atoms. The molecule has 15 heavy (non-hydrogen) atoms. The third-order valence-corrected chi connectivity index (χ3v) is 3.24. The fourth-order valence-electron chi connectivity index (χ4n) is 2.01. The molecule has 0 heterocycles. The van der Waals surface area contributed by atoms with E-state index in [0.29, 0.717) is 25.0 Å². The zero-order valence-electron chi connectivity index (χ0n) is 9.83. The van der Waals surface area contributed by atoms with Crippen LogP contribution in [0.3, 0.4) is 0 Å². The molecule has 1 fully saturated rings. The van der Waals surface area contributed by atoms with Gasteiger partial charge in [0.05, 0.1) is 12.2 Å². The van der Waals surface area contributed by atoms with E-state index >= 15 is 0 Å². The summed E-state index contributed by atoms with van der Waals surface area (Å²) in [7, 11) is 0. The molecule has 0 aromatic rings. The molecule has 1 saturated carbocycles. The maximum Gasteiger partial charge on any atom is 0.103 e. The average Bonchev–Trinajstić information content (AvgIpc) is 2.21. The molecule has 0 aromatic heterocycles. The van der Waals surface area contributed by atoms with Gasteiger partial charge in [-0.25, -0.2) is 0 Å². The van der Waals surface area contributed by atoms with Crippen LogP contribution in [0.25, 0.3) is 0 Å². The lowest BCUT2D eigenvalue weighted by Crippen LogP contribution is -2.36. The predicted molar refractivity (Wildman–Crippen MR) is 60.2 cm³/mol. The van der Waals surface area contributed by atoms with Gasteiger partial charge in [0.2, 0.25) is 0 Å². The van der Waals surface area contributed by atoms with Gasteiger partial charge in [-0.15, -0.1) is 0 Å². The zero-order valence-corrected chi connectivity index (χ0v) is 9.83. The first-order valence-corrected chi connectivity index (χ1v) is 5.87. The second-order valence-corrected chi connectivity index (χ2v) is 4.95. The molecule has 1 rings (SSSR count). The third kappa shape index (κ3) is 4.19. The summed E-state index contributed by atoms with van der Waals surface area (Å²) in [6, 6.07) is 2.09. The van der Waals surface area contributed by atoms with Crippen molar-refractivity contribution in [1.29, 1.82) is 5.26 Å². The van der Waals surface area contributed by atoms with E-state index in [9.17, 15) is 0 Å². The first-order valence-electron chi connectivity index (χ1n) is 5.87. The number of ether oxygens (including phenoxy) is 1. The van der Waals surface area contributed by atoms with Gasteiger partial charge in [-0.3, -0.25) is 0 Å². The lowest BCUT2D eigenvalue weighted by Gasteiger charge is -2.29. The number of rotatable bonds is 4. The normalized spacial score (nSPS) is 30.5. The monoisotopic (exact) mass is 210 g/mol. The molecule has 3 heteroatoms. The van der Waals surface area contributed by atoms with Crippen molar-refractivity contribution in [1.82, 2.24) is 0 Å². The molecule has 0 aliphatic heterocycles. The van der Waals surface area contributed by atoms with Crippen LogP contribution in [0.15, 0.2) is 0 Å². The van der Waals surface area contributed by atoms with Crippen LogP contribution in [0.5, 0.6) is 0 Å². The highest BCUT2D eigenvalue weighted by Gasteiger charge is 2.23. The number of hydrogen-bond donors (Lipinski definition) is 1. The Morgan fingerprint density at radius 3 is 2.73 bits per heavy atom. The van der Waals surface area contributed by atoms with Crippen molar-refractivity contribution >= 4 is 0 Å². The minimum absolute atomic E-state index is 0.383. The van der Waals surface area contributed by atoms with E-state index in [1.807, 2.05) is 0 Å². The van der Waals surface area contributed by atoms with Gasteiger partial charge >= 0.3 is 0 Å². The number of hydrogen-bond acceptors (Lipinski definition) is 3. The molecular formula is C12H22N2O. The first-order chi connectivity index (χ1) is 7.05. The van der Waals surface area contributed by atoms with Crippen LogP contribution < -0.4 is 5.73 Å². The predicted octanol–water partition coefficient (Wildman–Crippen LogP) is 2.21. The van der Waals surface area contributed by atoms with Crippen molar-refractivity contribution in [2.45, 2.75) is 57.6 Å². The van der Waals surface area contributed by atoms with Gasteiger partial charge in [0, 0.05) is 13.0 Å². The van der Waals surface area contributed by atoms with E-state index in [1.165, 1.54) is 19.3 Å². The molecule has 0 spiro atoms. The molecule has 0 radical (unpaired) electrons. The fraction of sp³-hybridized carbons (Fsp3) is 0.917. The van der Waals surface area contributed by atoms with Crippen LogP contribution in [-0.2, 0) is 4.74 Å². The number of nitrogens with two attached hydrogens (primary N) is 1. The van der Waals surface area contributed by atoms with Crippen molar-refractivity contribution < 1.29 is 4.74 Å². The van der Waals surface area contributed by atoms with E-state index in [1.54, 1.807) is 6.92 Å². The van der Waals surface area contributed by atoms with Crippen molar-refractivity contribution in [3.63, 3.8) is 0 Å². The SMILES string of the molecule is CC1CCCCC1OCCC(C)(N)C#N. The molecule has 0 saturated heterocycles. The van der Waals surface area contributed by atoms with E-state index in [-0.39, 0.29) is 0 Å². The molecule has 86 valence electrons. The number of nitrogens with zero attached hydrogens (tertiary/aromatic N) is 1. The van der Waals surface area contributed by atoms with Crippen molar-refractivity contribution in [2.24, 2.45) is 11.7 Å². The molecule has 3 atom stereocenters. The summed E-state index contributed by atoms with van der Waals surface area (Å²) in [5, 5.41) is 8.75. The highest BCUT2D eigenvalue weighted by atomic mass is 16.5. The quantitative estimate of drug-likeness (QED) is 0.774. The molecular weight excluding hydrogens is 188 g/mol. The zero-order chi connectivity index (χ0) is 11.3. The topological polar surface area (TPSA) is 59.0 Å². The van der Waals surface area contributed by atoms with Crippen molar-refractivity contribution in [3.05, 3.63) is 0 Å². The Bertz CT molecular complexity index is 232. The Morgan fingerprint density at radius 2 is 2.13 bits per heavy atom. The van der Waals surface area contributed by atoms with E-state index in [4.69, 9.17) is 15.7 Å². The summed E-state index contributed by atoms with van der Waals surface area (Å²) in [5.74, 6) is 0.657. The summed E-state index contributed by atoms with van der Waals surface area (Å²) < 4.78 is 5.80. The van der Waals surface area contributed by atoms with Crippen LogP contribution in [0.4, 0.5) is 0 Å². The van der Waals surface area contributed by atoms with E-state index in [2.05, 4.69) is 13.0 Å². The van der Waals surface area contributed by atoms with Gasteiger partial charge in [-0.2, -0.15) is 5.26 Å². The van der Waals surface area contributed by atoms with Gasteiger partial charge in [-0.1, -0.05) is 19.8 Å². The Balaban J connectivity index is 2.22. The van der Waals surface area contributed by atoms with Crippen LogP contribution in [0.1, 0.15) is 46.0 Å². The first kappa shape index (κ1) is 12.5. The Morgan fingerprint density at radius 1 is 1.47 bits per heavy atom. The van der Waals surface area contributed by atoms with Crippen LogP contribution >= 0.6 is 0 Å². The molecule has 0 amide bonds.